The summed E-state index contributed by atoms with van der Waals surface area (Å²) in [6, 6.07) is 4.35. The van der Waals surface area contributed by atoms with Crippen LogP contribution in [0, 0.1) is 6.92 Å². The van der Waals surface area contributed by atoms with Crippen LogP contribution in [0.15, 0.2) is 23.1 Å². The van der Waals surface area contributed by atoms with Gasteiger partial charge in [-0.25, -0.2) is 13.6 Å². The zero-order valence-corrected chi connectivity index (χ0v) is 11.8. The summed E-state index contributed by atoms with van der Waals surface area (Å²) in [5.41, 5.74) is 0.655. The molecule has 0 atom stereocenters. The van der Waals surface area contributed by atoms with Gasteiger partial charge in [-0.2, -0.15) is 0 Å². The van der Waals surface area contributed by atoms with Gasteiger partial charge < -0.3 is 10.1 Å². The molecule has 1 rings (SSSR count). The van der Waals surface area contributed by atoms with Gasteiger partial charge in [-0.1, -0.05) is 0 Å². The summed E-state index contributed by atoms with van der Waals surface area (Å²) < 4.78 is 27.7. The number of aryl methyl sites for hydroxylation is 1. The zero-order valence-electron chi connectivity index (χ0n) is 11.0. The van der Waals surface area contributed by atoms with Crippen LogP contribution in [-0.4, -0.2) is 27.5 Å². The Morgan fingerprint density at radius 1 is 1.42 bits per heavy atom. The van der Waals surface area contributed by atoms with Crippen LogP contribution < -0.4 is 15.2 Å². The molecule has 6 nitrogen and oxygen atoms in total. The molecule has 0 aromatic heterocycles. The van der Waals surface area contributed by atoms with E-state index < -0.39 is 10.0 Å². The fraction of sp³-hybridized carbons (Fsp3) is 0.417. The number of nitrogens with two attached hydrogens (primary N) is 1. The van der Waals surface area contributed by atoms with Gasteiger partial charge >= 0.3 is 0 Å². The largest absolute Gasteiger partial charge is 0.493 e. The summed E-state index contributed by atoms with van der Waals surface area (Å²) in [4.78, 5) is 11.3. The number of carbonyl (C=O) groups excluding carboxylic acids is 1. The highest BCUT2D eigenvalue weighted by atomic mass is 32.2. The van der Waals surface area contributed by atoms with Gasteiger partial charge in [0.25, 0.3) is 0 Å². The molecule has 1 aromatic rings. The fourth-order valence-electron chi connectivity index (χ4n) is 1.50. The number of carbonyl (C=O) groups is 1. The van der Waals surface area contributed by atoms with Crippen LogP contribution in [-0.2, 0) is 14.8 Å². The van der Waals surface area contributed by atoms with E-state index in [9.17, 15) is 13.2 Å². The van der Waals surface area contributed by atoms with E-state index in [4.69, 9.17) is 9.88 Å². The molecule has 7 heteroatoms. The lowest BCUT2D eigenvalue weighted by Gasteiger charge is -2.10. The third-order valence-electron chi connectivity index (χ3n) is 2.44. The van der Waals surface area contributed by atoms with Gasteiger partial charge in [0.05, 0.1) is 17.9 Å². The second kappa shape index (κ2) is 6.53. The van der Waals surface area contributed by atoms with Crippen molar-refractivity contribution in [1.82, 2.24) is 5.32 Å². The van der Waals surface area contributed by atoms with Crippen molar-refractivity contribution in [2.75, 3.05) is 13.2 Å². The molecular formula is C12H18N2O4S. The molecule has 0 aliphatic rings. The molecule has 106 valence electrons. The van der Waals surface area contributed by atoms with Crippen molar-refractivity contribution in [1.29, 1.82) is 0 Å². The molecule has 0 unspecified atom stereocenters. The van der Waals surface area contributed by atoms with Crippen LogP contribution in [0.4, 0.5) is 0 Å². The van der Waals surface area contributed by atoms with Gasteiger partial charge in [0.15, 0.2) is 0 Å². The van der Waals surface area contributed by atoms with E-state index in [2.05, 4.69) is 5.32 Å². The van der Waals surface area contributed by atoms with Crippen molar-refractivity contribution in [3.8, 4) is 5.75 Å². The smallest absolute Gasteiger partial charge is 0.238 e. The van der Waals surface area contributed by atoms with Crippen molar-refractivity contribution >= 4 is 15.9 Å². The molecule has 0 aliphatic carbocycles. The third kappa shape index (κ3) is 4.88. The molecule has 0 saturated heterocycles. The van der Waals surface area contributed by atoms with Crippen molar-refractivity contribution < 1.29 is 17.9 Å². The minimum absolute atomic E-state index is 0.0427. The topological polar surface area (TPSA) is 98.5 Å². The highest BCUT2D eigenvalue weighted by Crippen LogP contribution is 2.21. The van der Waals surface area contributed by atoms with Crippen LogP contribution in [0.5, 0.6) is 5.75 Å². The molecule has 0 fully saturated rings. The lowest BCUT2D eigenvalue weighted by molar-refractivity contribution is -0.121. The number of hydrogen-bond acceptors (Lipinski definition) is 4. The second-order valence-corrected chi connectivity index (χ2v) is 5.59. The van der Waals surface area contributed by atoms with E-state index in [0.29, 0.717) is 17.9 Å². The molecule has 0 heterocycles. The number of primary sulfonamides is 1. The van der Waals surface area contributed by atoms with Crippen molar-refractivity contribution in [2.45, 2.75) is 25.2 Å². The van der Waals surface area contributed by atoms with Crippen LogP contribution in [0.2, 0.25) is 0 Å². The number of hydrogen-bond donors (Lipinski definition) is 2. The Morgan fingerprint density at radius 2 is 2.11 bits per heavy atom. The molecule has 0 saturated carbocycles. The number of rotatable bonds is 6. The van der Waals surface area contributed by atoms with Gasteiger partial charge in [-0.3, -0.25) is 4.79 Å². The molecule has 3 N–H and O–H groups in total. The minimum Gasteiger partial charge on any atom is -0.493 e. The molecule has 19 heavy (non-hydrogen) atoms. The van der Waals surface area contributed by atoms with E-state index in [1.54, 1.807) is 6.92 Å². The number of amides is 1. The maximum Gasteiger partial charge on any atom is 0.238 e. The Labute approximate surface area is 113 Å². The summed E-state index contributed by atoms with van der Waals surface area (Å²) in [5.74, 6) is 0.456. The summed E-state index contributed by atoms with van der Waals surface area (Å²) in [7, 11) is -3.70. The van der Waals surface area contributed by atoms with Crippen LogP contribution in [0.1, 0.15) is 18.9 Å². The Morgan fingerprint density at radius 3 is 2.63 bits per heavy atom. The van der Waals surface area contributed by atoms with Crippen LogP contribution in [0.25, 0.3) is 0 Å². The minimum atomic E-state index is -3.70. The Bertz CT molecular complexity index is 555. The van der Waals surface area contributed by atoms with Gasteiger partial charge in [0.1, 0.15) is 5.75 Å². The first kappa shape index (κ1) is 15.5. The highest BCUT2D eigenvalue weighted by Gasteiger charge is 2.10. The first-order chi connectivity index (χ1) is 8.84. The van der Waals surface area contributed by atoms with Crippen molar-refractivity contribution in [2.24, 2.45) is 5.14 Å². The van der Waals surface area contributed by atoms with Crippen molar-refractivity contribution in [3.05, 3.63) is 23.8 Å². The predicted octanol–water partition coefficient (Wildman–Crippen LogP) is 0.547. The molecule has 0 radical (unpaired) electrons. The third-order valence-corrected chi connectivity index (χ3v) is 3.35. The van der Waals surface area contributed by atoms with Gasteiger partial charge in [-0.05, 0) is 37.6 Å². The molecule has 1 aromatic carbocycles. The van der Waals surface area contributed by atoms with E-state index in [0.717, 1.165) is 0 Å². The summed E-state index contributed by atoms with van der Waals surface area (Å²) >= 11 is 0. The number of benzene rings is 1. The van der Waals surface area contributed by atoms with Gasteiger partial charge in [0, 0.05) is 6.54 Å². The average Bonchev–Trinajstić information content (AvgIpc) is 2.30. The SMILES string of the molecule is CCNC(=O)CCOc1ccc(S(N)(=O)=O)cc1C. The highest BCUT2D eigenvalue weighted by molar-refractivity contribution is 7.89. The Balaban J connectivity index is 2.64. The monoisotopic (exact) mass is 286 g/mol. The predicted molar refractivity (Wildman–Crippen MR) is 71.3 cm³/mol. The van der Waals surface area contributed by atoms with E-state index >= 15 is 0 Å². The molecular weight excluding hydrogens is 268 g/mol. The Kier molecular flexibility index (Phi) is 5.31. The van der Waals surface area contributed by atoms with E-state index in [1.807, 2.05) is 6.92 Å². The lowest BCUT2D eigenvalue weighted by atomic mass is 10.2. The maximum atomic E-state index is 11.2. The molecule has 1 amide bonds. The Hall–Kier alpha value is -1.60. The van der Waals surface area contributed by atoms with Gasteiger partial charge in [0.2, 0.25) is 15.9 Å². The summed E-state index contributed by atoms with van der Waals surface area (Å²) in [6.07, 6.45) is 0.254. The number of ether oxygens (including phenoxy) is 1. The molecule has 0 aliphatic heterocycles. The van der Waals surface area contributed by atoms with Crippen LogP contribution >= 0.6 is 0 Å². The molecule has 0 spiro atoms. The fourth-order valence-corrected chi connectivity index (χ4v) is 2.10. The average molecular weight is 286 g/mol. The maximum absolute atomic E-state index is 11.2. The number of nitrogens with one attached hydrogen (secondary N) is 1. The first-order valence-corrected chi connectivity index (χ1v) is 7.42. The quantitative estimate of drug-likeness (QED) is 0.797. The molecule has 0 bridgehead atoms. The lowest BCUT2D eigenvalue weighted by Crippen LogP contribution is -2.24. The normalized spacial score (nSPS) is 11.1. The zero-order chi connectivity index (χ0) is 14.5. The number of sulfonamides is 1. The summed E-state index contributed by atoms with van der Waals surface area (Å²) in [5, 5.41) is 7.69. The van der Waals surface area contributed by atoms with Gasteiger partial charge in [-0.15, -0.1) is 0 Å². The summed E-state index contributed by atoms with van der Waals surface area (Å²) in [6.45, 7) is 4.38. The van der Waals surface area contributed by atoms with E-state index in [1.165, 1.54) is 18.2 Å². The van der Waals surface area contributed by atoms with Crippen molar-refractivity contribution in [3.63, 3.8) is 0 Å². The standard InChI is InChI=1S/C12H18N2O4S/c1-3-14-12(15)6-7-18-11-5-4-10(8-9(11)2)19(13,16)17/h4-5,8H,3,6-7H2,1-2H3,(H,14,15)(H2,13,16,17). The first-order valence-electron chi connectivity index (χ1n) is 5.87. The van der Waals surface area contributed by atoms with Crippen LogP contribution in [0.3, 0.4) is 0 Å². The van der Waals surface area contributed by atoms with E-state index in [-0.39, 0.29) is 23.8 Å². The second-order valence-electron chi connectivity index (χ2n) is 4.02.